The van der Waals surface area contributed by atoms with Crippen molar-refractivity contribution in [3.8, 4) is 0 Å². The number of rotatable bonds is 2. The highest BCUT2D eigenvalue weighted by Crippen LogP contribution is 2.18. The summed E-state index contributed by atoms with van der Waals surface area (Å²) in [4.78, 5) is 0. The minimum Gasteiger partial charge on any atom is -0.392 e. The van der Waals surface area contributed by atoms with Gasteiger partial charge < -0.3 is 9.67 Å². The fourth-order valence-electron chi connectivity index (χ4n) is 1.64. The van der Waals surface area contributed by atoms with Crippen molar-refractivity contribution in [2.24, 2.45) is 7.05 Å². The van der Waals surface area contributed by atoms with E-state index in [0.29, 0.717) is 0 Å². The Labute approximate surface area is 83.1 Å². The molecule has 0 radical (unpaired) electrons. The molecule has 0 amide bonds. The van der Waals surface area contributed by atoms with E-state index in [1.54, 1.807) is 6.08 Å². The zero-order valence-corrected chi connectivity index (χ0v) is 8.14. The molecule has 0 bridgehead atoms. The fraction of sp³-hybridized carbons (Fsp3) is 0.167. The van der Waals surface area contributed by atoms with Gasteiger partial charge in [-0.1, -0.05) is 24.3 Å². The van der Waals surface area contributed by atoms with Gasteiger partial charge in [0.05, 0.1) is 6.61 Å². The number of benzene rings is 1. The highest BCUT2D eigenvalue weighted by atomic mass is 16.2. The molecule has 2 aromatic rings. The third-order valence-corrected chi connectivity index (χ3v) is 2.38. The smallest absolute Gasteiger partial charge is 0.0616 e. The van der Waals surface area contributed by atoms with Crippen molar-refractivity contribution in [3.05, 3.63) is 42.1 Å². The minimum absolute atomic E-state index is 0.0848. The van der Waals surface area contributed by atoms with Gasteiger partial charge in [-0.2, -0.15) is 0 Å². The molecular weight excluding hydrogens is 174 g/mol. The number of aromatic nitrogens is 1. The lowest BCUT2D eigenvalue weighted by Gasteiger charge is -1.98. The van der Waals surface area contributed by atoms with Crippen LogP contribution in [0.1, 0.15) is 5.69 Å². The number of hydrogen-bond donors (Lipinski definition) is 1. The summed E-state index contributed by atoms with van der Waals surface area (Å²) in [6.45, 7) is 0.0848. The van der Waals surface area contributed by atoms with E-state index < -0.39 is 0 Å². The van der Waals surface area contributed by atoms with Crippen LogP contribution in [0.4, 0.5) is 0 Å². The molecular formula is C12H13NO. The van der Waals surface area contributed by atoms with Crippen molar-refractivity contribution in [3.63, 3.8) is 0 Å². The summed E-state index contributed by atoms with van der Waals surface area (Å²) in [5.41, 5.74) is 2.32. The van der Waals surface area contributed by atoms with Gasteiger partial charge in [0, 0.05) is 23.6 Å². The first-order chi connectivity index (χ1) is 6.83. The van der Waals surface area contributed by atoms with E-state index in [1.807, 2.05) is 25.3 Å². The highest BCUT2D eigenvalue weighted by Gasteiger charge is 2.00. The number of aryl methyl sites for hydroxylation is 1. The van der Waals surface area contributed by atoms with E-state index in [1.165, 1.54) is 10.9 Å². The summed E-state index contributed by atoms with van der Waals surface area (Å²) in [6.07, 6.45) is 3.67. The van der Waals surface area contributed by atoms with Crippen LogP contribution in [0.25, 0.3) is 17.0 Å². The minimum atomic E-state index is 0.0848. The number of hydrogen-bond acceptors (Lipinski definition) is 1. The topological polar surface area (TPSA) is 25.2 Å². The Morgan fingerprint density at radius 2 is 2.14 bits per heavy atom. The zero-order valence-electron chi connectivity index (χ0n) is 8.14. The van der Waals surface area contributed by atoms with Crippen molar-refractivity contribution in [1.82, 2.24) is 4.57 Å². The fourth-order valence-corrected chi connectivity index (χ4v) is 1.64. The Bertz CT molecular complexity index is 468. The van der Waals surface area contributed by atoms with Crippen LogP contribution in [-0.2, 0) is 7.05 Å². The van der Waals surface area contributed by atoms with Crippen LogP contribution in [-0.4, -0.2) is 16.3 Å². The Kier molecular flexibility index (Phi) is 2.37. The largest absolute Gasteiger partial charge is 0.392 e. The Hall–Kier alpha value is -1.54. The Balaban J connectivity index is 2.57. The maximum absolute atomic E-state index is 8.70. The normalized spacial score (nSPS) is 11.6. The van der Waals surface area contributed by atoms with E-state index in [-0.39, 0.29) is 6.61 Å². The predicted molar refractivity (Wildman–Crippen MR) is 59.0 cm³/mol. The number of fused-ring (bicyclic) bond motifs is 1. The number of aliphatic hydroxyl groups excluding tert-OH is 1. The molecule has 0 spiro atoms. The first-order valence-electron chi connectivity index (χ1n) is 4.65. The standard InChI is InChI=1S/C12H13NO/c1-13-11(6-4-8-14)9-10-5-2-3-7-12(10)13/h2-7,9,14H,8H2,1H3. The van der Waals surface area contributed by atoms with E-state index in [9.17, 15) is 0 Å². The van der Waals surface area contributed by atoms with Crippen LogP contribution in [0.2, 0.25) is 0 Å². The van der Waals surface area contributed by atoms with Gasteiger partial charge in [0.15, 0.2) is 0 Å². The van der Waals surface area contributed by atoms with Gasteiger partial charge in [0.25, 0.3) is 0 Å². The average Bonchev–Trinajstić information content (AvgIpc) is 2.54. The number of nitrogens with zero attached hydrogens (tertiary/aromatic N) is 1. The average molecular weight is 187 g/mol. The second kappa shape index (κ2) is 3.68. The van der Waals surface area contributed by atoms with Crippen molar-refractivity contribution in [2.75, 3.05) is 6.61 Å². The van der Waals surface area contributed by atoms with Gasteiger partial charge in [-0.05, 0) is 18.2 Å². The third kappa shape index (κ3) is 1.44. The molecule has 2 nitrogen and oxygen atoms in total. The monoisotopic (exact) mass is 187 g/mol. The summed E-state index contributed by atoms with van der Waals surface area (Å²) in [5.74, 6) is 0. The van der Waals surface area contributed by atoms with Gasteiger partial charge in [-0.15, -0.1) is 0 Å². The molecule has 1 heterocycles. The van der Waals surface area contributed by atoms with Gasteiger partial charge in [0.2, 0.25) is 0 Å². The first-order valence-corrected chi connectivity index (χ1v) is 4.65. The summed E-state index contributed by atoms with van der Waals surface area (Å²) in [6, 6.07) is 10.3. The van der Waals surface area contributed by atoms with Crippen LogP contribution < -0.4 is 0 Å². The van der Waals surface area contributed by atoms with Crippen molar-refractivity contribution in [2.45, 2.75) is 0 Å². The van der Waals surface area contributed by atoms with Crippen LogP contribution >= 0.6 is 0 Å². The van der Waals surface area contributed by atoms with E-state index in [4.69, 9.17) is 5.11 Å². The Morgan fingerprint density at radius 1 is 1.36 bits per heavy atom. The molecule has 2 heteroatoms. The molecule has 72 valence electrons. The molecule has 0 saturated heterocycles. The van der Waals surface area contributed by atoms with Crippen LogP contribution in [0, 0.1) is 0 Å². The molecule has 0 aliphatic carbocycles. The SMILES string of the molecule is Cn1c(C=CCO)cc2ccccc21. The van der Waals surface area contributed by atoms with E-state index in [2.05, 4.69) is 22.8 Å². The molecule has 0 fully saturated rings. The molecule has 1 aromatic carbocycles. The quantitative estimate of drug-likeness (QED) is 0.766. The molecule has 2 rings (SSSR count). The third-order valence-electron chi connectivity index (χ3n) is 2.38. The summed E-state index contributed by atoms with van der Waals surface area (Å²) in [7, 11) is 2.03. The number of aliphatic hydroxyl groups is 1. The highest BCUT2D eigenvalue weighted by molar-refractivity contribution is 5.83. The number of para-hydroxylation sites is 1. The molecule has 0 aliphatic heterocycles. The van der Waals surface area contributed by atoms with Crippen molar-refractivity contribution < 1.29 is 5.11 Å². The maximum atomic E-state index is 8.70. The summed E-state index contributed by atoms with van der Waals surface area (Å²) < 4.78 is 2.11. The lowest BCUT2D eigenvalue weighted by Crippen LogP contribution is -1.89. The van der Waals surface area contributed by atoms with Crippen LogP contribution in [0.5, 0.6) is 0 Å². The Morgan fingerprint density at radius 3 is 2.86 bits per heavy atom. The molecule has 1 aromatic heterocycles. The predicted octanol–water partition coefficient (Wildman–Crippen LogP) is 2.18. The van der Waals surface area contributed by atoms with Gasteiger partial charge in [-0.3, -0.25) is 0 Å². The van der Waals surface area contributed by atoms with Gasteiger partial charge >= 0.3 is 0 Å². The zero-order chi connectivity index (χ0) is 9.97. The van der Waals surface area contributed by atoms with Crippen LogP contribution in [0.3, 0.4) is 0 Å². The summed E-state index contributed by atoms with van der Waals surface area (Å²) >= 11 is 0. The lowest BCUT2D eigenvalue weighted by molar-refractivity contribution is 0.343. The lowest BCUT2D eigenvalue weighted by atomic mass is 10.2. The molecule has 0 unspecified atom stereocenters. The van der Waals surface area contributed by atoms with Gasteiger partial charge in [-0.25, -0.2) is 0 Å². The molecule has 0 aliphatic rings. The maximum Gasteiger partial charge on any atom is 0.0616 e. The first kappa shape index (κ1) is 9.03. The van der Waals surface area contributed by atoms with Crippen molar-refractivity contribution >= 4 is 17.0 Å². The van der Waals surface area contributed by atoms with Crippen molar-refractivity contribution in [1.29, 1.82) is 0 Å². The van der Waals surface area contributed by atoms with E-state index >= 15 is 0 Å². The molecule has 1 N–H and O–H groups in total. The second-order valence-corrected chi connectivity index (χ2v) is 3.27. The summed E-state index contributed by atoms with van der Waals surface area (Å²) in [5, 5.41) is 9.93. The molecule has 14 heavy (non-hydrogen) atoms. The van der Waals surface area contributed by atoms with E-state index in [0.717, 1.165) is 5.69 Å². The van der Waals surface area contributed by atoms with Crippen LogP contribution in [0.15, 0.2) is 36.4 Å². The molecule has 0 atom stereocenters. The van der Waals surface area contributed by atoms with Gasteiger partial charge in [0.1, 0.15) is 0 Å². The molecule has 0 saturated carbocycles. The second-order valence-electron chi connectivity index (χ2n) is 3.27.